The average molecular weight is 147 g/mol. The molecule has 0 rings (SSSR count). The molecule has 0 unspecified atom stereocenters. The molecular weight excluding hydrogens is 138 g/mol. The van der Waals surface area contributed by atoms with Crippen LogP contribution in [0.15, 0.2) is 12.7 Å². The minimum Gasteiger partial charge on any atom is -0.376 e. The Morgan fingerprint density at radius 1 is 1.89 bits per heavy atom. The fourth-order valence-corrected chi connectivity index (χ4v) is 0.542. The van der Waals surface area contributed by atoms with Gasteiger partial charge in [-0.3, -0.25) is 4.79 Å². The molecule has 0 spiro atoms. The van der Waals surface area contributed by atoms with Crippen molar-refractivity contribution in [1.29, 1.82) is 0 Å². The summed E-state index contributed by atoms with van der Waals surface area (Å²) in [6.07, 6.45) is 1.13. The highest BCUT2D eigenvalue weighted by Crippen LogP contribution is 1.89. The van der Waals surface area contributed by atoms with Crippen molar-refractivity contribution in [2.75, 3.05) is 12.6 Å². The lowest BCUT2D eigenvalue weighted by atomic mass is 10.5. The number of thiol groups is 1. The molecule has 0 saturated heterocycles. The molecule has 0 radical (unpaired) electrons. The van der Waals surface area contributed by atoms with Gasteiger partial charge in [-0.15, -0.1) is 0 Å². The monoisotopic (exact) mass is 147 g/mol. The average Bonchev–Trinajstić information content (AvgIpc) is 1.90. The molecule has 52 valence electrons. The second-order valence-electron chi connectivity index (χ2n) is 1.37. The molecule has 0 aromatic rings. The van der Waals surface area contributed by atoms with Crippen LogP contribution < -0.4 is 0 Å². The minimum atomic E-state index is -0.312. The van der Waals surface area contributed by atoms with Gasteiger partial charge in [0.15, 0.2) is 0 Å². The summed E-state index contributed by atoms with van der Waals surface area (Å²) in [6, 6.07) is 0. The molecule has 0 aliphatic rings. The van der Waals surface area contributed by atoms with Crippen LogP contribution in [-0.2, 0) is 4.79 Å². The van der Waals surface area contributed by atoms with Gasteiger partial charge in [-0.1, -0.05) is 6.58 Å². The largest absolute Gasteiger partial charge is 0.376 e. The van der Waals surface area contributed by atoms with Crippen LogP contribution in [0, 0.1) is 0 Å². The normalized spacial score (nSPS) is 8.67. The smallest absolute Gasteiger partial charge is 0.248 e. The van der Waals surface area contributed by atoms with E-state index in [9.17, 15) is 4.79 Å². The SMILES string of the molecule is C=CC(=O)N(CO)CS. The first kappa shape index (κ1) is 8.52. The van der Waals surface area contributed by atoms with Crippen LogP contribution in [0.1, 0.15) is 0 Å². The van der Waals surface area contributed by atoms with Gasteiger partial charge in [0.2, 0.25) is 5.91 Å². The highest BCUT2D eigenvalue weighted by atomic mass is 32.1. The van der Waals surface area contributed by atoms with Crippen LogP contribution in [0.2, 0.25) is 0 Å². The predicted octanol–water partition coefficient (Wildman–Crippen LogP) is -0.162. The number of carbonyl (C=O) groups excluding carboxylic acids is 1. The van der Waals surface area contributed by atoms with Gasteiger partial charge in [0.05, 0.1) is 5.88 Å². The van der Waals surface area contributed by atoms with E-state index in [1.165, 1.54) is 0 Å². The summed E-state index contributed by atoms with van der Waals surface area (Å²) in [5.74, 6) is -0.103. The number of nitrogens with zero attached hydrogens (tertiary/aromatic N) is 1. The van der Waals surface area contributed by atoms with E-state index in [0.29, 0.717) is 0 Å². The molecule has 0 bridgehead atoms. The summed E-state index contributed by atoms with van der Waals surface area (Å²) < 4.78 is 0. The van der Waals surface area contributed by atoms with E-state index in [4.69, 9.17) is 5.11 Å². The first-order valence-corrected chi connectivity index (χ1v) is 3.02. The molecule has 0 saturated carbocycles. The van der Waals surface area contributed by atoms with Crippen LogP contribution in [-0.4, -0.2) is 28.5 Å². The molecule has 0 aliphatic carbocycles. The van der Waals surface area contributed by atoms with Gasteiger partial charge in [-0.05, 0) is 6.08 Å². The van der Waals surface area contributed by atoms with Crippen molar-refractivity contribution in [2.24, 2.45) is 0 Å². The van der Waals surface area contributed by atoms with Gasteiger partial charge in [-0.25, -0.2) is 0 Å². The van der Waals surface area contributed by atoms with Gasteiger partial charge < -0.3 is 10.0 Å². The quantitative estimate of drug-likeness (QED) is 0.331. The maximum absolute atomic E-state index is 10.6. The zero-order chi connectivity index (χ0) is 7.28. The van der Waals surface area contributed by atoms with E-state index in [1.54, 1.807) is 0 Å². The molecular formula is C5H9NO2S. The van der Waals surface area contributed by atoms with Gasteiger partial charge in [0.25, 0.3) is 0 Å². The Morgan fingerprint density at radius 2 is 2.44 bits per heavy atom. The zero-order valence-electron chi connectivity index (χ0n) is 4.95. The fourth-order valence-electron chi connectivity index (χ4n) is 0.313. The van der Waals surface area contributed by atoms with Crippen LogP contribution in [0.5, 0.6) is 0 Å². The Balaban J connectivity index is 3.78. The lowest BCUT2D eigenvalue weighted by Gasteiger charge is -2.13. The topological polar surface area (TPSA) is 40.5 Å². The van der Waals surface area contributed by atoms with Crippen LogP contribution in [0.25, 0.3) is 0 Å². The summed E-state index contributed by atoms with van der Waals surface area (Å²) in [5, 5.41) is 8.44. The van der Waals surface area contributed by atoms with E-state index < -0.39 is 0 Å². The van der Waals surface area contributed by atoms with Gasteiger partial charge in [0, 0.05) is 0 Å². The molecule has 0 fully saturated rings. The number of hydrogen-bond donors (Lipinski definition) is 2. The summed E-state index contributed by atoms with van der Waals surface area (Å²) in [7, 11) is 0. The molecule has 0 aromatic heterocycles. The summed E-state index contributed by atoms with van der Waals surface area (Å²) in [4.78, 5) is 11.7. The number of carbonyl (C=O) groups is 1. The molecule has 0 aliphatic heterocycles. The maximum Gasteiger partial charge on any atom is 0.248 e. The molecule has 0 heterocycles. The molecule has 9 heavy (non-hydrogen) atoms. The van der Waals surface area contributed by atoms with Crippen molar-refractivity contribution < 1.29 is 9.90 Å². The van der Waals surface area contributed by atoms with Crippen molar-refractivity contribution in [3.8, 4) is 0 Å². The third kappa shape index (κ3) is 2.53. The zero-order valence-corrected chi connectivity index (χ0v) is 5.84. The van der Waals surface area contributed by atoms with Crippen molar-refractivity contribution >= 4 is 18.5 Å². The van der Waals surface area contributed by atoms with E-state index in [-0.39, 0.29) is 18.5 Å². The number of aliphatic hydroxyl groups is 1. The van der Waals surface area contributed by atoms with Crippen molar-refractivity contribution in [3.63, 3.8) is 0 Å². The predicted molar refractivity (Wildman–Crippen MR) is 38.0 cm³/mol. The molecule has 0 aromatic carbocycles. The van der Waals surface area contributed by atoms with Crippen molar-refractivity contribution in [2.45, 2.75) is 0 Å². The van der Waals surface area contributed by atoms with E-state index >= 15 is 0 Å². The highest BCUT2D eigenvalue weighted by molar-refractivity contribution is 7.80. The first-order valence-electron chi connectivity index (χ1n) is 2.39. The second-order valence-corrected chi connectivity index (χ2v) is 1.65. The Morgan fingerprint density at radius 3 is 2.56 bits per heavy atom. The number of hydrogen-bond acceptors (Lipinski definition) is 3. The number of rotatable bonds is 3. The molecule has 3 nitrogen and oxygen atoms in total. The molecule has 0 atom stereocenters. The molecule has 1 amide bonds. The van der Waals surface area contributed by atoms with Crippen LogP contribution in [0.3, 0.4) is 0 Å². The standard InChI is InChI=1S/C5H9NO2S/c1-2-5(8)6(3-7)4-9/h2,7,9H,1,3-4H2. The lowest BCUT2D eigenvalue weighted by molar-refractivity contribution is -0.128. The third-order valence-electron chi connectivity index (χ3n) is 0.828. The Hall–Kier alpha value is -0.480. The van der Waals surface area contributed by atoms with Crippen molar-refractivity contribution in [1.82, 2.24) is 4.90 Å². The summed E-state index contributed by atoms with van der Waals surface area (Å²) in [6.45, 7) is 2.93. The maximum atomic E-state index is 10.6. The Labute approximate surface area is 59.4 Å². The highest BCUT2D eigenvalue weighted by Gasteiger charge is 2.03. The second kappa shape index (κ2) is 4.40. The van der Waals surface area contributed by atoms with Gasteiger partial charge >= 0.3 is 0 Å². The van der Waals surface area contributed by atoms with Gasteiger partial charge in [-0.2, -0.15) is 12.6 Å². The molecule has 4 heteroatoms. The molecule has 1 N–H and O–H groups in total. The lowest BCUT2D eigenvalue weighted by Crippen LogP contribution is -2.28. The summed E-state index contributed by atoms with van der Waals surface area (Å²) >= 11 is 3.79. The minimum absolute atomic E-state index is 0.210. The van der Waals surface area contributed by atoms with E-state index in [2.05, 4.69) is 19.2 Å². The number of amides is 1. The van der Waals surface area contributed by atoms with E-state index in [0.717, 1.165) is 11.0 Å². The number of aliphatic hydroxyl groups excluding tert-OH is 1. The van der Waals surface area contributed by atoms with Crippen LogP contribution in [0.4, 0.5) is 0 Å². The third-order valence-corrected chi connectivity index (χ3v) is 1.17. The summed E-state index contributed by atoms with van der Waals surface area (Å²) in [5.41, 5.74) is 0. The first-order chi connectivity index (χ1) is 4.26. The Kier molecular flexibility index (Phi) is 4.17. The van der Waals surface area contributed by atoms with Crippen LogP contribution >= 0.6 is 12.6 Å². The Bertz CT molecular complexity index is 112. The van der Waals surface area contributed by atoms with E-state index in [1.807, 2.05) is 0 Å². The fraction of sp³-hybridized carbons (Fsp3) is 0.400. The van der Waals surface area contributed by atoms with Gasteiger partial charge in [0.1, 0.15) is 6.73 Å². The van der Waals surface area contributed by atoms with Crippen molar-refractivity contribution in [3.05, 3.63) is 12.7 Å².